The SMILES string of the molecule is CC(C)C(N)C(=O)N1CCC(NCC2CC2)C1. The van der Waals surface area contributed by atoms with Gasteiger partial charge < -0.3 is 16.0 Å². The Balaban J connectivity index is 1.74. The number of nitrogens with one attached hydrogen (secondary N) is 1. The summed E-state index contributed by atoms with van der Waals surface area (Å²) in [4.78, 5) is 14.0. The van der Waals surface area contributed by atoms with Crippen LogP contribution in [0.3, 0.4) is 0 Å². The molecule has 17 heavy (non-hydrogen) atoms. The smallest absolute Gasteiger partial charge is 0.239 e. The Morgan fingerprint density at radius 3 is 2.71 bits per heavy atom. The quantitative estimate of drug-likeness (QED) is 0.737. The topological polar surface area (TPSA) is 58.4 Å². The van der Waals surface area contributed by atoms with E-state index in [-0.39, 0.29) is 17.9 Å². The van der Waals surface area contributed by atoms with Crippen molar-refractivity contribution in [3.05, 3.63) is 0 Å². The van der Waals surface area contributed by atoms with Crippen molar-refractivity contribution in [2.45, 2.75) is 45.2 Å². The molecule has 98 valence electrons. The first kappa shape index (κ1) is 12.8. The Morgan fingerprint density at radius 2 is 2.12 bits per heavy atom. The van der Waals surface area contributed by atoms with Crippen LogP contribution in [-0.4, -0.2) is 42.5 Å². The van der Waals surface area contributed by atoms with Gasteiger partial charge in [0.2, 0.25) is 5.91 Å². The summed E-state index contributed by atoms with van der Waals surface area (Å²) in [5.74, 6) is 1.24. The molecule has 2 rings (SSSR count). The summed E-state index contributed by atoms with van der Waals surface area (Å²) in [6, 6.07) is 0.149. The third kappa shape index (κ3) is 3.42. The molecule has 2 aliphatic rings. The first-order valence-electron chi connectivity index (χ1n) is 6.85. The van der Waals surface area contributed by atoms with Crippen molar-refractivity contribution >= 4 is 5.91 Å². The maximum absolute atomic E-state index is 12.1. The van der Waals surface area contributed by atoms with E-state index in [1.54, 1.807) is 0 Å². The van der Waals surface area contributed by atoms with Crippen LogP contribution in [0.15, 0.2) is 0 Å². The molecule has 4 nitrogen and oxygen atoms in total. The number of hydrogen-bond acceptors (Lipinski definition) is 3. The Morgan fingerprint density at radius 1 is 1.41 bits per heavy atom. The Kier molecular flexibility index (Phi) is 4.05. The van der Waals surface area contributed by atoms with Crippen LogP contribution < -0.4 is 11.1 Å². The van der Waals surface area contributed by atoms with Crippen molar-refractivity contribution in [1.82, 2.24) is 10.2 Å². The zero-order chi connectivity index (χ0) is 12.4. The molecular formula is C13H25N3O. The minimum Gasteiger partial charge on any atom is -0.340 e. The van der Waals surface area contributed by atoms with Gasteiger partial charge in [0, 0.05) is 19.1 Å². The van der Waals surface area contributed by atoms with Gasteiger partial charge in [-0.15, -0.1) is 0 Å². The van der Waals surface area contributed by atoms with E-state index in [9.17, 15) is 4.79 Å². The summed E-state index contributed by atoms with van der Waals surface area (Å²) in [7, 11) is 0. The van der Waals surface area contributed by atoms with Crippen LogP contribution in [-0.2, 0) is 4.79 Å². The molecule has 0 bridgehead atoms. The fraction of sp³-hybridized carbons (Fsp3) is 0.923. The minimum atomic E-state index is -0.336. The Hall–Kier alpha value is -0.610. The number of nitrogens with zero attached hydrogens (tertiary/aromatic N) is 1. The average molecular weight is 239 g/mol. The molecule has 2 unspecified atom stereocenters. The molecular weight excluding hydrogens is 214 g/mol. The number of carbonyl (C=O) groups excluding carboxylic acids is 1. The maximum atomic E-state index is 12.1. The lowest BCUT2D eigenvalue weighted by atomic mass is 10.0. The van der Waals surface area contributed by atoms with E-state index in [1.807, 2.05) is 18.7 Å². The molecule has 0 radical (unpaired) electrons. The van der Waals surface area contributed by atoms with Gasteiger partial charge in [-0.2, -0.15) is 0 Å². The van der Waals surface area contributed by atoms with E-state index in [0.29, 0.717) is 6.04 Å². The van der Waals surface area contributed by atoms with Gasteiger partial charge in [0.1, 0.15) is 0 Å². The second-order valence-electron chi connectivity index (χ2n) is 5.89. The summed E-state index contributed by atoms with van der Waals surface area (Å²) < 4.78 is 0. The highest BCUT2D eigenvalue weighted by molar-refractivity contribution is 5.82. The number of carbonyl (C=O) groups is 1. The summed E-state index contributed by atoms with van der Waals surface area (Å²) in [6.45, 7) is 6.83. The van der Waals surface area contributed by atoms with Gasteiger partial charge in [-0.05, 0) is 37.6 Å². The predicted octanol–water partition coefficient (Wildman–Crippen LogP) is 0.570. The molecule has 1 aliphatic carbocycles. The van der Waals surface area contributed by atoms with E-state index >= 15 is 0 Å². The van der Waals surface area contributed by atoms with Gasteiger partial charge in [0.05, 0.1) is 6.04 Å². The molecule has 0 spiro atoms. The van der Waals surface area contributed by atoms with Crippen LogP contribution in [0.25, 0.3) is 0 Å². The Labute approximate surface area is 104 Å². The lowest BCUT2D eigenvalue weighted by Crippen LogP contribution is -2.46. The van der Waals surface area contributed by atoms with Crippen molar-refractivity contribution in [1.29, 1.82) is 0 Å². The van der Waals surface area contributed by atoms with Crippen LogP contribution in [0.1, 0.15) is 33.1 Å². The highest BCUT2D eigenvalue weighted by atomic mass is 16.2. The maximum Gasteiger partial charge on any atom is 0.239 e. The fourth-order valence-corrected chi connectivity index (χ4v) is 2.28. The predicted molar refractivity (Wildman–Crippen MR) is 68.5 cm³/mol. The van der Waals surface area contributed by atoms with E-state index in [4.69, 9.17) is 5.73 Å². The highest BCUT2D eigenvalue weighted by Crippen LogP contribution is 2.28. The zero-order valence-electron chi connectivity index (χ0n) is 11.0. The van der Waals surface area contributed by atoms with Crippen molar-refractivity contribution in [3.63, 3.8) is 0 Å². The van der Waals surface area contributed by atoms with Gasteiger partial charge in [0.25, 0.3) is 0 Å². The molecule has 1 saturated carbocycles. The fourth-order valence-electron chi connectivity index (χ4n) is 2.28. The van der Waals surface area contributed by atoms with Crippen LogP contribution in [0, 0.1) is 11.8 Å². The van der Waals surface area contributed by atoms with E-state index < -0.39 is 0 Å². The number of likely N-dealkylation sites (tertiary alicyclic amines) is 1. The third-order valence-electron chi connectivity index (χ3n) is 3.90. The van der Waals surface area contributed by atoms with Crippen LogP contribution >= 0.6 is 0 Å². The van der Waals surface area contributed by atoms with Gasteiger partial charge >= 0.3 is 0 Å². The van der Waals surface area contributed by atoms with Crippen LogP contribution in [0.4, 0.5) is 0 Å². The first-order chi connectivity index (χ1) is 8.08. The molecule has 0 aromatic rings. The summed E-state index contributed by atoms with van der Waals surface area (Å²) in [5, 5.41) is 3.56. The van der Waals surface area contributed by atoms with E-state index in [1.165, 1.54) is 12.8 Å². The normalized spacial score (nSPS) is 26.6. The number of rotatable bonds is 5. The van der Waals surface area contributed by atoms with Crippen molar-refractivity contribution in [2.24, 2.45) is 17.6 Å². The van der Waals surface area contributed by atoms with Crippen LogP contribution in [0.5, 0.6) is 0 Å². The number of hydrogen-bond donors (Lipinski definition) is 2. The molecule has 1 aliphatic heterocycles. The van der Waals surface area contributed by atoms with Gasteiger partial charge in [-0.1, -0.05) is 13.8 Å². The largest absolute Gasteiger partial charge is 0.340 e. The number of nitrogens with two attached hydrogens (primary N) is 1. The molecule has 2 fully saturated rings. The Bertz CT molecular complexity index is 276. The second-order valence-corrected chi connectivity index (χ2v) is 5.89. The van der Waals surface area contributed by atoms with Crippen molar-refractivity contribution in [3.8, 4) is 0 Å². The third-order valence-corrected chi connectivity index (χ3v) is 3.90. The summed E-state index contributed by atoms with van der Waals surface area (Å²) >= 11 is 0. The zero-order valence-corrected chi connectivity index (χ0v) is 11.0. The van der Waals surface area contributed by atoms with Gasteiger partial charge in [-0.3, -0.25) is 4.79 Å². The molecule has 1 amide bonds. The molecule has 0 aromatic carbocycles. The van der Waals surface area contributed by atoms with Crippen molar-refractivity contribution in [2.75, 3.05) is 19.6 Å². The van der Waals surface area contributed by atoms with Gasteiger partial charge in [0.15, 0.2) is 0 Å². The van der Waals surface area contributed by atoms with Crippen molar-refractivity contribution < 1.29 is 4.79 Å². The van der Waals surface area contributed by atoms with Gasteiger partial charge in [-0.25, -0.2) is 0 Å². The van der Waals surface area contributed by atoms with Crippen LogP contribution in [0.2, 0.25) is 0 Å². The lowest BCUT2D eigenvalue weighted by molar-refractivity contribution is -0.132. The molecule has 1 saturated heterocycles. The molecule has 4 heteroatoms. The van der Waals surface area contributed by atoms with E-state index in [0.717, 1.165) is 32.0 Å². The monoisotopic (exact) mass is 239 g/mol. The lowest BCUT2D eigenvalue weighted by Gasteiger charge is -2.23. The standard InChI is InChI=1S/C13H25N3O/c1-9(2)12(14)13(17)16-6-5-11(8-16)15-7-10-3-4-10/h9-12,15H,3-8,14H2,1-2H3. The number of amides is 1. The summed E-state index contributed by atoms with van der Waals surface area (Å²) in [6.07, 6.45) is 3.82. The summed E-state index contributed by atoms with van der Waals surface area (Å²) in [5.41, 5.74) is 5.91. The molecule has 3 N–H and O–H groups in total. The van der Waals surface area contributed by atoms with E-state index in [2.05, 4.69) is 5.32 Å². The average Bonchev–Trinajstić information content (AvgIpc) is 3.02. The molecule has 1 heterocycles. The molecule has 2 atom stereocenters. The molecule has 0 aromatic heterocycles. The first-order valence-corrected chi connectivity index (χ1v) is 6.85. The minimum absolute atomic E-state index is 0.121. The second kappa shape index (κ2) is 5.36. The highest BCUT2D eigenvalue weighted by Gasteiger charge is 2.31.